The Balaban J connectivity index is 1.93. The molecule has 1 aromatic rings. The molecular weight excluding hydrogens is 276 g/mol. The zero-order chi connectivity index (χ0) is 15.2. The van der Waals surface area contributed by atoms with Crippen molar-refractivity contribution in [2.75, 3.05) is 19.9 Å². The van der Waals surface area contributed by atoms with Crippen LogP contribution in [-0.2, 0) is 11.3 Å². The average Bonchev–Trinajstić information content (AvgIpc) is 2.91. The monoisotopic (exact) mass is 290 g/mol. The molecule has 0 atom stereocenters. The highest BCUT2D eigenvalue weighted by atomic mass is 16.7. The molecule has 1 aliphatic rings. The van der Waals surface area contributed by atoms with E-state index in [0.29, 0.717) is 11.5 Å². The van der Waals surface area contributed by atoms with Gasteiger partial charge in [-0.25, -0.2) is 4.79 Å². The first-order chi connectivity index (χ1) is 10.1. The zero-order valence-corrected chi connectivity index (χ0v) is 11.2. The average molecular weight is 290 g/mol. The van der Waals surface area contributed by atoms with E-state index in [-0.39, 0.29) is 19.9 Å². The molecule has 0 saturated carbocycles. The number of carboxylic acid groups (broad SMARTS) is 1. The third-order valence-corrected chi connectivity index (χ3v) is 2.78. The van der Waals surface area contributed by atoms with Gasteiger partial charge in [-0.15, -0.1) is 6.42 Å². The molecule has 2 N–H and O–H groups in total. The molecule has 0 saturated heterocycles. The summed E-state index contributed by atoms with van der Waals surface area (Å²) in [6.45, 7) is -0.105. The van der Waals surface area contributed by atoms with Crippen LogP contribution in [0.15, 0.2) is 18.2 Å². The Morgan fingerprint density at radius 1 is 1.38 bits per heavy atom. The van der Waals surface area contributed by atoms with Crippen LogP contribution in [0.4, 0.5) is 4.79 Å². The molecule has 0 radical (unpaired) electrons. The third kappa shape index (κ3) is 3.79. The van der Waals surface area contributed by atoms with Crippen LogP contribution < -0.4 is 14.8 Å². The van der Waals surface area contributed by atoms with E-state index < -0.39 is 18.5 Å². The number of hydrogen-bond acceptors (Lipinski definition) is 4. The van der Waals surface area contributed by atoms with Gasteiger partial charge in [0.2, 0.25) is 6.79 Å². The first-order valence-electron chi connectivity index (χ1n) is 6.16. The maximum absolute atomic E-state index is 11.9. The second kappa shape index (κ2) is 6.52. The summed E-state index contributed by atoms with van der Waals surface area (Å²) in [5.41, 5.74) is 0.809. The third-order valence-electron chi connectivity index (χ3n) is 2.78. The van der Waals surface area contributed by atoms with Crippen LogP contribution >= 0.6 is 0 Å². The molecule has 21 heavy (non-hydrogen) atoms. The molecule has 1 aromatic carbocycles. The van der Waals surface area contributed by atoms with Gasteiger partial charge in [-0.05, 0) is 17.7 Å². The van der Waals surface area contributed by atoms with Crippen molar-refractivity contribution >= 4 is 12.0 Å². The number of amides is 2. The van der Waals surface area contributed by atoms with Crippen molar-refractivity contribution in [1.82, 2.24) is 10.2 Å². The van der Waals surface area contributed by atoms with Gasteiger partial charge in [0.05, 0.1) is 6.54 Å². The van der Waals surface area contributed by atoms with Crippen LogP contribution in [0.2, 0.25) is 0 Å². The number of fused-ring (bicyclic) bond motifs is 1. The molecule has 0 aliphatic carbocycles. The van der Waals surface area contributed by atoms with Crippen LogP contribution in [0.5, 0.6) is 11.5 Å². The highest BCUT2D eigenvalue weighted by molar-refractivity contribution is 5.80. The van der Waals surface area contributed by atoms with Gasteiger partial charge < -0.3 is 24.8 Å². The number of ether oxygens (including phenoxy) is 2. The smallest absolute Gasteiger partial charge is 0.323 e. The predicted molar refractivity (Wildman–Crippen MR) is 72.8 cm³/mol. The molecule has 2 rings (SSSR count). The molecule has 0 bridgehead atoms. The molecule has 7 nitrogen and oxygen atoms in total. The largest absolute Gasteiger partial charge is 0.480 e. The van der Waals surface area contributed by atoms with Crippen LogP contribution in [0, 0.1) is 12.3 Å². The number of hydrogen-bond donors (Lipinski definition) is 2. The molecule has 0 fully saturated rings. The van der Waals surface area contributed by atoms with E-state index in [1.54, 1.807) is 18.2 Å². The fraction of sp³-hybridized carbons (Fsp3) is 0.286. The minimum absolute atomic E-state index is 0.0702. The first kappa shape index (κ1) is 14.5. The maximum Gasteiger partial charge on any atom is 0.323 e. The molecule has 110 valence electrons. The van der Waals surface area contributed by atoms with Gasteiger partial charge in [0.1, 0.15) is 6.54 Å². The van der Waals surface area contributed by atoms with E-state index in [0.717, 1.165) is 10.5 Å². The standard InChI is InChI=1S/C14H14N2O5/c1-2-5-16(8-13(17)18)14(19)15-7-10-3-4-11-12(6-10)21-9-20-11/h1,3-4,6H,5,7-9H2,(H,15,19)(H,17,18). The lowest BCUT2D eigenvalue weighted by molar-refractivity contribution is -0.137. The fourth-order valence-electron chi connectivity index (χ4n) is 1.81. The van der Waals surface area contributed by atoms with Crippen molar-refractivity contribution in [2.45, 2.75) is 6.54 Å². The van der Waals surface area contributed by atoms with Crippen molar-refractivity contribution in [3.63, 3.8) is 0 Å². The van der Waals surface area contributed by atoms with Gasteiger partial charge in [-0.1, -0.05) is 12.0 Å². The molecule has 7 heteroatoms. The minimum atomic E-state index is -1.12. The summed E-state index contributed by atoms with van der Waals surface area (Å²) in [6.07, 6.45) is 5.12. The summed E-state index contributed by atoms with van der Waals surface area (Å²) in [5, 5.41) is 11.3. The molecule has 1 aliphatic heterocycles. The van der Waals surface area contributed by atoms with E-state index >= 15 is 0 Å². The number of rotatable bonds is 5. The van der Waals surface area contributed by atoms with Gasteiger partial charge in [-0.3, -0.25) is 4.79 Å². The number of carboxylic acids is 1. The summed E-state index contributed by atoms with van der Waals surface area (Å²) < 4.78 is 10.4. The Bertz CT molecular complexity index is 594. The number of benzene rings is 1. The van der Waals surface area contributed by atoms with Crippen LogP contribution in [-0.4, -0.2) is 41.9 Å². The van der Waals surface area contributed by atoms with E-state index in [1.165, 1.54) is 0 Å². The zero-order valence-electron chi connectivity index (χ0n) is 11.2. The van der Waals surface area contributed by atoms with Gasteiger partial charge in [-0.2, -0.15) is 0 Å². The van der Waals surface area contributed by atoms with Gasteiger partial charge in [0.25, 0.3) is 0 Å². The Morgan fingerprint density at radius 2 is 2.14 bits per heavy atom. The number of aliphatic carboxylic acids is 1. The van der Waals surface area contributed by atoms with Gasteiger partial charge in [0, 0.05) is 6.54 Å². The fourth-order valence-corrected chi connectivity index (χ4v) is 1.81. The van der Waals surface area contributed by atoms with Crippen molar-refractivity contribution in [3.05, 3.63) is 23.8 Å². The van der Waals surface area contributed by atoms with Gasteiger partial charge >= 0.3 is 12.0 Å². The number of carbonyl (C=O) groups excluding carboxylic acids is 1. The normalized spacial score (nSPS) is 11.6. The van der Waals surface area contributed by atoms with Crippen LogP contribution in [0.3, 0.4) is 0 Å². The highest BCUT2D eigenvalue weighted by Gasteiger charge is 2.16. The number of nitrogens with zero attached hydrogens (tertiary/aromatic N) is 1. The summed E-state index contributed by atoms with van der Waals surface area (Å²) in [6, 6.07) is 4.76. The number of carbonyl (C=O) groups is 2. The van der Waals surface area contributed by atoms with E-state index in [9.17, 15) is 9.59 Å². The Labute approximate surface area is 121 Å². The van der Waals surface area contributed by atoms with Crippen LogP contribution in [0.25, 0.3) is 0 Å². The number of urea groups is 1. The van der Waals surface area contributed by atoms with E-state index in [1.807, 2.05) is 0 Å². The molecule has 0 aromatic heterocycles. The topological polar surface area (TPSA) is 88.1 Å². The molecule has 0 spiro atoms. The minimum Gasteiger partial charge on any atom is -0.480 e. The van der Waals surface area contributed by atoms with E-state index in [2.05, 4.69) is 11.2 Å². The van der Waals surface area contributed by atoms with Crippen LogP contribution in [0.1, 0.15) is 5.56 Å². The van der Waals surface area contributed by atoms with Crippen molar-refractivity contribution in [2.24, 2.45) is 0 Å². The summed E-state index contributed by atoms with van der Waals surface area (Å²) in [4.78, 5) is 23.6. The molecular formula is C14H14N2O5. The molecule has 1 heterocycles. The van der Waals surface area contributed by atoms with Crippen molar-refractivity contribution in [3.8, 4) is 23.8 Å². The summed E-state index contributed by atoms with van der Waals surface area (Å²) >= 11 is 0. The number of terminal acetylenes is 1. The molecule has 2 amide bonds. The SMILES string of the molecule is C#CCN(CC(=O)O)C(=O)NCc1ccc2c(c1)OCO2. The second-order valence-corrected chi connectivity index (χ2v) is 4.30. The quantitative estimate of drug-likeness (QED) is 0.777. The maximum atomic E-state index is 11.9. The Kier molecular flexibility index (Phi) is 4.51. The van der Waals surface area contributed by atoms with Crippen molar-refractivity contribution in [1.29, 1.82) is 0 Å². The lowest BCUT2D eigenvalue weighted by Gasteiger charge is -2.18. The predicted octanol–water partition coefficient (Wildman–Crippen LogP) is 0.645. The van der Waals surface area contributed by atoms with Gasteiger partial charge in [0.15, 0.2) is 11.5 Å². The number of nitrogens with one attached hydrogen (secondary N) is 1. The van der Waals surface area contributed by atoms with E-state index in [4.69, 9.17) is 21.0 Å². The van der Waals surface area contributed by atoms with Crippen molar-refractivity contribution < 1.29 is 24.2 Å². The lowest BCUT2D eigenvalue weighted by Crippen LogP contribution is -2.42. The lowest BCUT2D eigenvalue weighted by atomic mass is 10.2. The summed E-state index contributed by atoms with van der Waals surface area (Å²) in [5.74, 6) is 2.41. The second-order valence-electron chi connectivity index (χ2n) is 4.30. The Hall–Kier alpha value is -2.88. The highest BCUT2D eigenvalue weighted by Crippen LogP contribution is 2.32. The first-order valence-corrected chi connectivity index (χ1v) is 6.16. The Morgan fingerprint density at radius 3 is 2.86 bits per heavy atom. The summed E-state index contributed by atoms with van der Waals surface area (Å²) in [7, 11) is 0. The molecule has 0 unspecified atom stereocenters.